The number of amides is 1. The highest BCUT2D eigenvalue weighted by Crippen LogP contribution is 2.37. The van der Waals surface area contributed by atoms with Crippen LogP contribution in [0.5, 0.6) is 0 Å². The second kappa shape index (κ2) is 9.36. The molecule has 37 heavy (non-hydrogen) atoms. The van der Waals surface area contributed by atoms with Gasteiger partial charge in [0.2, 0.25) is 0 Å². The van der Waals surface area contributed by atoms with Crippen molar-refractivity contribution < 1.29 is 10.1 Å². The molecule has 1 spiro atoms. The summed E-state index contributed by atoms with van der Waals surface area (Å²) in [5, 5.41) is 3.11. The van der Waals surface area contributed by atoms with E-state index in [0.717, 1.165) is 36.6 Å². The number of benzene rings is 2. The van der Waals surface area contributed by atoms with E-state index in [-0.39, 0.29) is 5.91 Å². The van der Waals surface area contributed by atoms with Crippen molar-refractivity contribution in [3.63, 3.8) is 0 Å². The predicted octanol–water partition coefficient (Wildman–Crippen LogP) is 3.90. The quantitative estimate of drug-likeness (QED) is 0.425. The number of carbonyl (C=O) groups excluding carboxylic acids is 1. The van der Waals surface area contributed by atoms with Crippen LogP contribution in [0.4, 0.5) is 5.82 Å². The van der Waals surface area contributed by atoms with Crippen LogP contribution in [-0.4, -0.2) is 61.7 Å². The monoisotopic (exact) mass is 536 g/mol. The Morgan fingerprint density at radius 3 is 2.43 bits per heavy atom. The van der Waals surface area contributed by atoms with Crippen LogP contribution in [0, 0.1) is 0 Å². The van der Waals surface area contributed by atoms with E-state index in [4.69, 9.17) is 28.2 Å². The number of quaternary nitrogens is 1. The Morgan fingerprint density at radius 2 is 1.73 bits per heavy atom. The average Bonchev–Trinajstić information content (AvgIpc) is 3.43. The standard InChI is InChI=1S/C27H27Cl2N7O/c1-17(2)35-16-32-26(37)27(35)11-13-34(14-12-27)24-22-25(31-15-30-24)36(19-9-7-18(28)8-10-19)23(33-22)20-5-3-4-6-21(20)29/h3-10,15,17H,11-14,16H2,1-2H3,(H,32,37)/p+1. The minimum Gasteiger partial charge on any atom is -0.354 e. The molecule has 0 unspecified atom stereocenters. The van der Waals surface area contributed by atoms with Crippen molar-refractivity contribution in [2.45, 2.75) is 38.3 Å². The number of primary amides is 1. The van der Waals surface area contributed by atoms with Crippen molar-refractivity contribution in [1.29, 1.82) is 0 Å². The minimum absolute atomic E-state index is 0.252. The van der Waals surface area contributed by atoms with Crippen LogP contribution in [0.3, 0.4) is 0 Å². The zero-order chi connectivity index (χ0) is 25.7. The molecule has 6 rings (SSSR count). The van der Waals surface area contributed by atoms with E-state index >= 15 is 0 Å². The number of hydrogen-bond acceptors (Lipinski definition) is 6. The number of piperidine rings is 1. The lowest BCUT2D eigenvalue weighted by atomic mass is 9.85. The van der Waals surface area contributed by atoms with Gasteiger partial charge in [0.05, 0.1) is 5.02 Å². The lowest BCUT2D eigenvalue weighted by Crippen LogP contribution is -2.87. The molecule has 1 amide bonds. The van der Waals surface area contributed by atoms with E-state index in [0.29, 0.717) is 46.2 Å². The summed E-state index contributed by atoms with van der Waals surface area (Å²) in [6.07, 6.45) is 3.09. The van der Waals surface area contributed by atoms with Gasteiger partial charge in [-0.15, -0.1) is 0 Å². The third kappa shape index (κ3) is 3.99. The van der Waals surface area contributed by atoms with E-state index in [1.54, 1.807) is 6.33 Å². The Kier molecular flexibility index (Phi) is 6.15. The van der Waals surface area contributed by atoms with Gasteiger partial charge in [0, 0.05) is 35.4 Å². The molecule has 4 heterocycles. The maximum Gasteiger partial charge on any atom is 0.332 e. The molecule has 0 saturated carbocycles. The number of carbonyl (C=O) groups is 1. The fraction of sp³-hybridized carbons (Fsp3) is 0.333. The number of anilines is 1. The fourth-order valence-electron chi connectivity index (χ4n) is 5.78. The van der Waals surface area contributed by atoms with E-state index in [1.165, 1.54) is 0 Å². The van der Waals surface area contributed by atoms with Crippen LogP contribution in [0.25, 0.3) is 28.2 Å². The zero-order valence-corrected chi connectivity index (χ0v) is 22.2. The Balaban J connectivity index is 1.44. The summed E-state index contributed by atoms with van der Waals surface area (Å²) < 4.78 is 2.00. The first-order valence-electron chi connectivity index (χ1n) is 12.5. The van der Waals surface area contributed by atoms with Crippen LogP contribution >= 0.6 is 23.2 Å². The Labute approximate surface area is 225 Å². The Hall–Kier alpha value is -3.04. The summed E-state index contributed by atoms with van der Waals surface area (Å²) in [6, 6.07) is 15.6. The maximum absolute atomic E-state index is 13.0. The van der Waals surface area contributed by atoms with Crippen molar-refractivity contribution in [1.82, 2.24) is 24.4 Å². The molecule has 2 aromatic heterocycles. The molecule has 2 N–H and O–H groups in total. The molecule has 10 heteroatoms. The summed E-state index contributed by atoms with van der Waals surface area (Å²) in [4.78, 5) is 31.9. The molecule has 2 aliphatic heterocycles. The molecule has 2 aromatic carbocycles. The fourth-order valence-corrected chi connectivity index (χ4v) is 6.13. The Bertz CT molecular complexity index is 1480. The van der Waals surface area contributed by atoms with Crippen molar-refractivity contribution in [3.05, 3.63) is 64.9 Å². The van der Waals surface area contributed by atoms with E-state index in [9.17, 15) is 4.79 Å². The third-order valence-electron chi connectivity index (χ3n) is 7.62. The summed E-state index contributed by atoms with van der Waals surface area (Å²) in [5.41, 5.74) is 2.66. The van der Waals surface area contributed by atoms with Gasteiger partial charge in [-0.25, -0.2) is 24.6 Å². The Morgan fingerprint density at radius 1 is 1.00 bits per heavy atom. The summed E-state index contributed by atoms with van der Waals surface area (Å²) in [5.74, 6) is 1.71. The summed E-state index contributed by atoms with van der Waals surface area (Å²) in [6.45, 7) is 6.47. The highest BCUT2D eigenvalue weighted by molar-refractivity contribution is 6.33. The molecule has 2 saturated heterocycles. The van der Waals surface area contributed by atoms with Crippen molar-refractivity contribution in [2.24, 2.45) is 0 Å². The molecule has 2 fully saturated rings. The smallest absolute Gasteiger partial charge is 0.332 e. The molecule has 0 aliphatic carbocycles. The van der Waals surface area contributed by atoms with Gasteiger partial charge >= 0.3 is 5.91 Å². The van der Waals surface area contributed by atoms with Crippen molar-refractivity contribution in [3.8, 4) is 17.1 Å². The highest BCUT2D eigenvalue weighted by Gasteiger charge is 2.54. The van der Waals surface area contributed by atoms with Gasteiger partial charge < -0.3 is 4.90 Å². The summed E-state index contributed by atoms with van der Waals surface area (Å²) in [7, 11) is 0. The van der Waals surface area contributed by atoms with Gasteiger partial charge in [0.25, 0.3) is 0 Å². The third-order valence-corrected chi connectivity index (χ3v) is 8.20. The van der Waals surface area contributed by atoms with Crippen LogP contribution in [0.15, 0.2) is 54.9 Å². The minimum atomic E-state index is -0.414. The number of imidazole rings is 1. The molecule has 0 atom stereocenters. The number of hydrogen-bond donors (Lipinski definition) is 1. The molecular weight excluding hydrogens is 509 g/mol. The van der Waals surface area contributed by atoms with E-state index in [1.807, 2.05) is 58.4 Å². The van der Waals surface area contributed by atoms with Crippen molar-refractivity contribution >= 4 is 46.1 Å². The normalized spacial score (nSPS) is 18.0. The topological polar surface area (TPSA) is 83.8 Å². The van der Waals surface area contributed by atoms with Crippen LogP contribution < -0.4 is 10.2 Å². The van der Waals surface area contributed by atoms with Gasteiger partial charge in [-0.05, 0) is 63.1 Å². The van der Waals surface area contributed by atoms with Gasteiger partial charge in [-0.3, -0.25) is 9.88 Å². The number of aromatic nitrogens is 4. The largest absolute Gasteiger partial charge is 0.354 e. The summed E-state index contributed by atoms with van der Waals surface area (Å²) >= 11 is 12.8. The lowest BCUT2D eigenvalue weighted by molar-refractivity contribution is -0.567. The number of nitrogens with zero attached hydrogens (tertiary/aromatic N) is 6. The van der Waals surface area contributed by atoms with Crippen LogP contribution in [0.2, 0.25) is 10.0 Å². The number of rotatable bonds is 4. The zero-order valence-electron chi connectivity index (χ0n) is 20.7. The first kappa shape index (κ1) is 24.3. The van der Waals surface area contributed by atoms with E-state index in [2.05, 4.69) is 33.6 Å². The van der Waals surface area contributed by atoms with Gasteiger partial charge in [-0.2, -0.15) is 0 Å². The molecule has 190 valence electrons. The number of nitrogens with two attached hydrogens (primary N) is 1. The first-order valence-corrected chi connectivity index (χ1v) is 13.3. The van der Waals surface area contributed by atoms with Gasteiger partial charge in [0.1, 0.15) is 24.4 Å². The SMILES string of the molecule is CC(C)N1C[NH2+]C(=O)C12CCN(c1ncnc3c1nc(-c1ccccc1Cl)n3-c1ccc(Cl)cc1)CC2. The lowest BCUT2D eigenvalue weighted by Gasteiger charge is -2.42. The highest BCUT2D eigenvalue weighted by atomic mass is 35.5. The first-order chi connectivity index (χ1) is 17.9. The number of halogens is 2. The van der Waals surface area contributed by atoms with Gasteiger partial charge in [-0.1, -0.05) is 35.3 Å². The average molecular weight is 537 g/mol. The molecular formula is C27H28Cl2N7O+. The van der Waals surface area contributed by atoms with E-state index < -0.39 is 5.54 Å². The predicted molar refractivity (Wildman–Crippen MR) is 145 cm³/mol. The molecule has 8 nitrogen and oxygen atoms in total. The van der Waals surface area contributed by atoms with Crippen LogP contribution in [0.1, 0.15) is 26.7 Å². The molecule has 0 bridgehead atoms. The molecule has 0 radical (unpaired) electrons. The number of fused-ring (bicyclic) bond motifs is 1. The second-order valence-corrected chi connectivity index (χ2v) is 10.8. The van der Waals surface area contributed by atoms with Crippen LogP contribution in [-0.2, 0) is 4.79 Å². The van der Waals surface area contributed by atoms with Crippen molar-refractivity contribution in [2.75, 3.05) is 24.7 Å². The molecule has 2 aliphatic rings. The maximum atomic E-state index is 13.0. The molecule has 4 aromatic rings. The second-order valence-electron chi connectivity index (χ2n) is 9.93. The van der Waals surface area contributed by atoms with Gasteiger partial charge in [0.15, 0.2) is 17.0 Å².